The third-order valence-electron chi connectivity index (χ3n) is 2.66. The second-order valence-corrected chi connectivity index (χ2v) is 5.50. The lowest BCUT2D eigenvalue weighted by Crippen LogP contribution is -1.96. The standard InChI is InChI=1S/C12H13ClN4O2S/c1-16-11(14-15-12(16)20-7-3-6-13)9-4-2-5-10(8-9)17(18)19/h2,4-5,8H,3,6-7H2,1H3. The molecular formula is C12H13ClN4O2S. The van der Waals surface area contributed by atoms with Crippen LogP contribution in [0.5, 0.6) is 0 Å². The minimum absolute atomic E-state index is 0.0434. The number of non-ortho nitro benzene ring substituents is 1. The number of alkyl halides is 1. The number of nitrogens with zero attached hydrogens (tertiary/aromatic N) is 4. The molecule has 2 aromatic rings. The zero-order valence-corrected chi connectivity index (χ0v) is 12.4. The summed E-state index contributed by atoms with van der Waals surface area (Å²) >= 11 is 7.20. The molecule has 0 N–H and O–H groups in total. The summed E-state index contributed by atoms with van der Waals surface area (Å²) < 4.78 is 1.83. The number of hydrogen-bond acceptors (Lipinski definition) is 5. The van der Waals surface area contributed by atoms with Crippen LogP contribution in [0.1, 0.15) is 6.42 Å². The zero-order chi connectivity index (χ0) is 14.5. The van der Waals surface area contributed by atoms with Crippen LogP contribution in [0.2, 0.25) is 0 Å². The van der Waals surface area contributed by atoms with Crippen molar-refractivity contribution in [3.05, 3.63) is 34.4 Å². The van der Waals surface area contributed by atoms with Crippen molar-refractivity contribution in [2.45, 2.75) is 11.6 Å². The highest BCUT2D eigenvalue weighted by Gasteiger charge is 2.14. The summed E-state index contributed by atoms with van der Waals surface area (Å²) in [4.78, 5) is 10.4. The average Bonchev–Trinajstić information content (AvgIpc) is 2.81. The van der Waals surface area contributed by atoms with Crippen LogP contribution in [0.15, 0.2) is 29.4 Å². The lowest BCUT2D eigenvalue weighted by Gasteiger charge is -2.03. The highest BCUT2D eigenvalue weighted by Crippen LogP contribution is 2.25. The van der Waals surface area contributed by atoms with Gasteiger partial charge in [0.25, 0.3) is 5.69 Å². The lowest BCUT2D eigenvalue weighted by molar-refractivity contribution is -0.384. The molecule has 8 heteroatoms. The summed E-state index contributed by atoms with van der Waals surface area (Å²) in [6.07, 6.45) is 0.894. The molecule has 0 saturated heterocycles. The quantitative estimate of drug-likeness (QED) is 0.269. The normalized spacial score (nSPS) is 10.7. The van der Waals surface area contributed by atoms with Crippen molar-refractivity contribution >= 4 is 29.1 Å². The van der Waals surface area contributed by atoms with Gasteiger partial charge in [0.15, 0.2) is 11.0 Å². The van der Waals surface area contributed by atoms with Gasteiger partial charge in [0.05, 0.1) is 4.92 Å². The topological polar surface area (TPSA) is 73.8 Å². The molecule has 0 bridgehead atoms. The van der Waals surface area contributed by atoms with E-state index in [-0.39, 0.29) is 5.69 Å². The first-order chi connectivity index (χ1) is 9.63. The fraction of sp³-hybridized carbons (Fsp3) is 0.333. The summed E-state index contributed by atoms with van der Waals surface area (Å²) in [6, 6.07) is 6.37. The van der Waals surface area contributed by atoms with Crippen molar-refractivity contribution in [1.29, 1.82) is 0 Å². The maximum atomic E-state index is 10.8. The molecular weight excluding hydrogens is 300 g/mol. The second-order valence-electron chi connectivity index (χ2n) is 4.06. The Bertz CT molecular complexity index is 617. The Kier molecular flexibility index (Phi) is 4.97. The van der Waals surface area contributed by atoms with Crippen LogP contribution in [-0.4, -0.2) is 31.3 Å². The van der Waals surface area contributed by atoms with Crippen LogP contribution in [0, 0.1) is 10.1 Å². The highest BCUT2D eigenvalue weighted by molar-refractivity contribution is 7.99. The van der Waals surface area contributed by atoms with Crippen molar-refractivity contribution in [2.75, 3.05) is 11.6 Å². The molecule has 0 atom stereocenters. The van der Waals surface area contributed by atoms with Crippen molar-refractivity contribution in [1.82, 2.24) is 14.8 Å². The molecule has 20 heavy (non-hydrogen) atoms. The molecule has 0 amide bonds. The van der Waals surface area contributed by atoms with Gasteiger partial charge in [0, 0.05) is 36.4 Å². The van der Waals surface area contributed by atoms with Gasteiger partial charge in [-0.2, -0.15) is 0 Å². The number of rotatable bonds is 6. The Hall–Kier alpha value is -1.60. The monoisotopic (exact) mass is 312 g/mol. The lowest BCUT2D eigenvalue weighted by atomic mass is 10.2. The molecule has 1 heterocycles. The molecule has 0 aliphatic rings. The first-order valence-corrected chi connectivity index (χ1v) is 7.48. The maximum Gasteiger partial charge on any atom is 0.270 e. The first kappa shape index (κ1) is 14.8. The minimum Gasteiger partial charge on any atom is -0.305 e. The largest absolute Gasteiger partial charge is 0.305 e. The Labute approximate surface area is 125 Å². The van der Waals surface area contributed by atoms with E-state index in [1.54, 1.807) is 23.9 Å². The molecule has 6 nitrogen and oxygen atoms in total. The molecule has 0 aliphatic heterocycles. The van der Waals surface area contributed by atoms with E-state index in [2.05, 4.69) is 10.2 Å². The summed E-state index contributed by atoms with van der Waals surface area (Å²) in [5.41, 5.74) is 0.722. The van der Waals surface area contributed by atoms with Crippen LogP contribution in [0.25, 0.3) is 11.4 Å². The SMILES string of the molecule is Cn1c(SCCCCl)nnc1-c1cccc([N+](=O)[O-])c1. The van der Waals surface area contributed by atoms with E-state index in [1.807, 2.05) is 11.6 Å². The Morgan fingerprint density at radius 3 is 2.95 bits per heavy atom. The average molecular weight is 313 g/mol. The van der Waals surface area contributed by atoms with Gasteiger partial charge in [-0.25, -0.2) is 0 Å². The van der Waals surface area contributed by atoms with Crippen LogP contribution >= 0.6 is 23.4 Å². The Balaban J connectivity index is 2.25. The molecule has 106 valence electrons. The molecule has 0 saturated carbocycles. The Morgan fingerprint density at radius 1 is 1.45 bits per heavy atom. The third kappa shape index (κ3) is 3.29. The number of hydrogen-bond donors (Lipinski definition) is 0. The first-order valence-electron chi connectivity index (χ1n) is 5.96. The summed E-state index contributed by atoms with van der Waals surface area (Å²) in [6.45, 7) is 0. The van der Waals surface area contributed by atoms with E-state index in [0.29, 0.717) is 17.3 Å². The molecule has 1 aromatic carbocycles. The summed E-state index contributed by atoms with van der Waals surface area (Å²) in [5, 5.41) is 19.8. The van der Waals surface area contributed by atoms with E-state index in [1.165, 1.54) is 12.1 Å². The number of halogens is 1. The molecule has 0 spiro atoms. The van der Waals surface area contributed by atoms with E-state index >= 15 is 0 Å². The van der Waals surface area contributed by atoms with Crippen LogP contribution in [0.3, 0.4) is 0 Å². The molecule has 0 unspecified atom stereocenters. The van der Waals surface area contributed by atoms with Gasteiger partial charge >= 0.3 is 0 Å². The van der Waals surface area contributed by atoms with E-state index in [9.17, 15) is 10.1 Å². The predicted octanol–water partition coefficient (Wildman–Crippen LogP) is 3.11. The van der Waals surface area contributed by atoms with E-state index in [0.717, 1.165) is 17.3 Å². The van der Waals surface area contributed by atoms with E-state index in [4.69, 9.17) is 11.6 Å². The highest BCUT2D eigenvalue weighted by atomic mass is 35.5. The zero-order valence-electron chi connectivity index (χ0n) is 10.8. The van der Waals surface area contributed by atoms with Crippen LogP contribution < -0.4 is 0 Å². The number of nitro groups is 1. The molecule has 2 rings (SSSR count). The second kappa shape index (κ2) is 6.71. The number of aromatic nitrogens is 3. The number of benzene rings is 1. The smallest absolute Gasteiger partial charge is 0.270 e. The van der Waals surface area contributed by atoms with Crippen molar-refractivity contribution in [2.24, 2.45) is 7.05 Å². The molecule has 0 aliphatic carbocycles. The summed E-state index contributed by atoms with van der Waals surface area (Å²) in [7, 11) is 1.84. The van der Waals surface area contributed by atoms with Gasteiger partial charge in [0.2, 0.25) is 0 Å². The molecule has 1 aromatic heterocycles. The van der Waals surface area contributed by atoms with E-state index < -0.39 is 4.92 Å². The number of nitro benzene ring substituents is 1. The Morgan fingerprint density at radius 2 is 2.25 bits per heavy atom. The molecule has 0 radical (unpaired) electrons. The van der Waals surface area contributed by atoms with Gasteiger partial charge in [-0.15, -0.1) is 21.8 Å². The van der Waals surface area contributed by atoms with Crippen molar-refractivity contribution in [3.8, 4) is 11.4 Å². The molecule has 0 fully saturated rings. The van der Waals surface area contributed by atoms with Gasteiger partial charge in [0.1, 0.15) is 0 Å². The number of thioether (sulfide) groups is 1. The maximum absolute atomic E-state index is 10.8. The minimum atomic E-state index is -0.421. The van der Waals surface area contributed by atoms with Crippen LogP contribution in [0.4, 0.5) is 5.69 Å². The van der Waals surface area contributed by atoms with Gasteiger partial charge in [-0.1, -0.05) is 23.9 Å². The fourth-order valence-corrected chi connectivity index (χ4v) is 2.81. The van der Waals surface area contributed by atoms with Crippen molar-refractivity contribution in [3.63, 3.8) is 0 Å². The van der Waals surface area contributed by atoms with Gasteiger partial charge in [-0.3, -0.25) is 10.1 Å². The summed E-state index contributed by atoms with van der Waals surface area (Å²) in [5.74, 6) is 2.09. The fourth-order valence-electron chi connectivity index (χ4n) is 1.67. The van der Waals surface area contributed by atoms with Gasteiger partial charge < -0.3 is 4.57 Å². The predicted molar refractivity (Wildman–Crippen MR) is 79.2 cm³/mol. The van der Waals surface area contributed by atoms with Crippen molar-refractivity contribution < 1.29 is 4.92 Å². The van der Waals surface area contributed by atoms with Gasteiger partial charge in [-0.05, 0) is 6.42 Å². The van der Waals surface area contributed by atoms with Crippen LogP contribution in [-0.2, 0) is 7.05 Å². The third-order valence-corrected chi connectivity index (χ3v) is 4.03.